The molecule has 12 heteroatoms. The zero-order valence-corrected chi connectivity index (χ0v) is 23.3. The molecule has 0 amide bonds. The lowest BCUT2D eigenvalue weighted by atomic mass is 10.0. The van der Waals surface area contributed by atoms with Crippen LogP contribution in [0.4, 0.5) is 11.6 Å². The van der Waals surface area contributed by atoms with Crippen LogP contribution in [0.25, 0.3) is 22.5 Å². The molecule has 0 spiro atoms. The lowest BCUT2D eigenvalue weighted by Crippen LogP contribution is -2.03. The van der Waals surface area contributed by atoms with Gasteiger partial charge in [-0.1, -0.05) is 78.0 Å². The van der Waals surface area contributed by atoms with Crippen molar-refractivity contribution >= 4 is 17.9 Å². The van der Waals surface area contributed by atoms with Gasteiger partial charge in [0, 0.05) is 23.3 Å². The molecule has 1 N–H and O–H groups in total. The Hall–Kier alpha value is -6.30. The number of aromatic nitrogens is 6. The number of hydrogen-bond acceptors (Lipinski definition) is 10. The van der Waals surface area contributed by atoms with E-state index in [2.05, 4.69) is 31.0 Å². The Morgan fingerprint density at radius 2 is 1.50 bits per heavy atom. The van der Waals surface area contributed by atoms with Crippen molar-refractivity contribution in [2.24, 2.45) is 5.10 Å². The highest BCUT2D eigenvalue weighted by atomic mass is 16.6. The molecule has 0 aliphatic rings. The fourth-order valence-electron chi connectivity index (χ4n) is 4.33. The molecule has 44 heavy (non-hydrogen) atoms. The lowest BCUT2D eigenvalue weighted by Gasteiger charge is -2.09. The van der Waals surface area contributed by atoms with E-state index < -0.39 is 4.92 Å². The maximum atomic E-state index is 10.8. The number of benzene rings is 4. The maximum absolute atomic E-state index is 10.8. The van der Waals surface area contributed by atoms with E-state index in [1.54, 1.807) is 29.2 Å². The third kappa shape index (κ3) is 6.94. The monoisotopic (exact) mass is 583 g/mol. The number of non-ortho nitro benzene ring substituents is 1. The number of nitro benzene ring substituents is 1. The number of anilines is 1. The predicted molar refractivity (Wildman–Crippen MR) is 165 cm³/mol. The summed E-state index contributed by atoms with van der Waals surface area (Å²) in [6.07, 6.45) is 3.44. The fourth-order valence-corrected chi connectivity index (χ4v) is 4.33. The minimum absolute atomic E-state index is 0.0487. The smallest absolute Gasteiger partial charge is 0.269 e. The summed E-state index contributed by atoms with van der Waals surface area (Å²) in [6, 6.07) is 33.4. The zero-order valence-electron chi connectivity index (χ0n) is 23.3. The van der Waals surface area contributed by atoms with Gasteiger partial charge in [-0.15, -0.1) is 15.3 Å². The first-order valence-corrected chi connectivity index (χ1v) is 13.6. The van der Waals surface area contributed by atoms with Gasteiger partial charge in [0.1, 0.15) is 29.4 Å². The fraction of sp³-hybridized carbons (Fsp3) is 0.0625. The van der Waals surface area contributed by atoms with Crippen LogP contribution in [0, 0.1) is 10.1 Å². The van der Waals surface area contributed by atoms with Crippen LogP contribution in [0.5, 0.6) is 5.75 Å². The van der Waals surface area contributed by atoms with Gasteiger partial charge in [-0.3, -0.25) is 10.1 Å². The second kappa shape index (κ2) is 13.1. The van der Waals surface area contributed by atoms with Crippen LogP contribution in [0.1, 0.15) is 16.8 Å². The summed E-state index contributed by atoms with van der Waals surface area (Å²) in [5, 5.41) is 32.0. The van der Waals surface area contributed by atoms with Gasteiger partial charge in [-0.2, -0.15) is 5.10 Å². The summed E-state index contributed by atoms with van der Waals surface area (Å²) in [5.74, 6) is 0.943. The SMILES string of the molecule is O=[N+]([O-])c1ccc(Cn2cc(COc3ccc(/C=N/Nc4nnc(-c5ccccc5)c(-c5ccccc5)n4)cc3)nn2)cc1. The van der Waals surface area contributed by atoms with Crippen molar-refractivity contribution in [3.63, 3.8) is 0 Å². The molecule has 2 heterocycles. The van der Waals surface area contributed by atoms with Crippen LogP contribution in [0.3, 0.4) is 0 Å². The second-order valence-corrected chi connectivity index (χ2v) is 9.62. The van der Waals surface area contributed by atoms with Crippen molar-refractivity contribution in [1.82, 2.24) is 30.2 Å². The third-order valence-corrected chi connectivity index (χ3v) is 6.50. The number of rotatable bonds is 11. The second-order valence-electron chi connectivity index (χ2n) is 9.62. The van der Waals surface area contributed by atoms with Crippen LogP contribution in [-0.2, 0) is 13.2 Å². The summed E-state index contributed by atoms with van der Waals surface area (Å²) in [6.45, 7) is 0.682. The molecular weight excluding hydrogens is 558 g/mol. The molecule has 0 bridgehead atoms. The average molecular weight is 584 g/mol. The summed E-state index contributed by atoms with van der Waals surface area (Å²) < 4.78 is 7.51. The van der Waals surface area contributed by atoms with Crippen LogP contribution < -0.4 is 10.2 Å². The molecule has 0 unspecified atom stereocenters. The van der Waals surface area contributed by atoms with Gasteiger partial charge >= 0.3 is 0 Å². The van der Waals surface area contributed by atoms with Crippen molar-refractivity contribution in [2.75, 3.05) is 5.43 Å². The van der Waals surface area contributed by atoms with Crippen molar-refractivity contribution in [3.8, 4) is 28.3 Å². The average Bonchev–Trinajstić information content (AvgIpc) is 3.52. The Labute approximate surface area is 251 Å². The van der Waals surface area contributed by atoms with E-state index in [0.717, 1.165) is 22.3 Å². The molecule has 0 aliphatic heterocycles. The number of hydrazone groups is 1. The molecule has 0 aliphatic carbocycles. The highest BCUT2D eigenvalue weighted by Gasteiger charge is 2.13. The topological polar surface area (TPSA) is 146 Å². The number of nitrogens with one attached hydrogen (secondary N) is 1. The minimum atomic E-state index is -0.425. The van der Waals surface area contributed by atoms with Crippen molar-refractivity contribution in [2.45, 2.75) is 13.2 Å². The highest BCUT2D eigenvalue weighted by molar-refractivity contribution is 5.80. The van der Waals surface area contributed by atoms with Crippen LogP contribution in [-0.4, -0.2) is 41.3 Å². The predicted octanol–water partition coefficient (Wildman–Crippen LogP) is 5.78. The molecular formula is C32H25N9O3. The van der Waals surface area contributed by atoms with Crippen LogP contribution in [0.15, 0.2) is 120 Å². The molecule has 0 atom stereocenters. The normalized spacial score (nSPS) is 11.0. The quantitative estimate of drug-likeness (QED) is 0.114. The minimum Gasteiger partial charge on any atom is -0.487 e. The summed E-state index contributed by atoms with van der Waals surface area (Å²) >= 11 is 0. The first-order valence-electron chi connectivity index (χ1n) is 13.6. The molecule has 0 radical (unpaired) electrons. The van der Waals surface area contributed by atoms with Gasteiger partial charge in [-0.05, 0) is 35.4 Å². The maximum Gasteiger partial charge on any atom is 0.269 e. The molecule has 6 aromatic rings. The first-order chi connectivity index (χ1) is 21.6. The molecule has 0 fully saturated rings. The van der Waals surface area contributed by atoms with Gasteiger partial charge in [0.25, 0.3) is 11.6 Å². The van der Waals surface area contributed by atoms with E-state index in [-0.39, 0.29) is 18.2 Å². The summed E-state index contributed by atoms with van der Waals surface area (Å²) in [5.41, 5.74) is 8.55. The number of hydrogen-bond donors (Lipinski definition) is 1. The molecule has 2 aromatic heterocycles. The summed E-state index contributed by atoms with van der Waals surface area (Å²) in [4.78, 5) is 15.1. The van der Waals surface area contributed by atoms with Crippen molar-refractivity contribution in [1.29, 1.82) is 0 Å². The molecule has 216 valence electrons. The lowest BCUT2D eigenvalue weighted by molar-refractivity contribution is -0.384. The van der Waals surface area contributed by atoms with Crippen molar-refractivity contribution < 1.29 is 9.66 Å². The standard InChI is InChI=1S/C32H25N9O3/c42-41(43)28-15-11-24(12-16-28)20-40-21-27(35-39-40)22-44-29-17-13-23(14-18-29)19-33-37-32-34-30(25-7-3-1-4-8-25)31(36-38-32)26-9-5-2-6-10-26/h1-19,21H,20,22H2,(H,34,37,38)/b33-19+. The molecule has 0 saturated carbocycles. The van der Waals surface area contributed by atoms with Crippen molar-refractivity contribution in [3.05, 3.63) is 142 Å². The van der Waals surface area contributed by atoms with Gasteiger partial charge in [-0.25, -0.2) is 15.1 Å². The van der Waals surface area contributed by atoms with E-state index in [0.29, 0.717) is 29.4 Å². The molecule has 0 saturated heterocycles. The first kappa shape index (κ1) is 27.8. The molecule has 4 aromatic carbocycles. The third-order valence-electron chi connectivity index (χ3n) is 6.50. The Kier molecular flexibility index (Phi) is 8.31. The van der Waals surface area contributed by atoms with E-state index in [1.165, 1.54) is 12.1 Å². The number of nitrogens with zero attached hydrogens (tertiary/aromatic N) is 8. The van der Waals surface area contributed by atoms with E-state index in [1.807, 2.05) is 84.9 Å². The number of nitro groups is 1. The molecule has 12 nitrogen and oxygen atoms in total. The van der Waals surface area contributed by atoms with Gasteiger partial charge < -0.3 is 4.74 Å². The number of ether oxygens (including phenoxy) is 1. The highest BCUT2D eigenvalue weighted by Crippen LogP contribution is 2.28. The molecule has 6 rings (SSSR count). The van der Waals surface area contributed by atoms with E-state index >= 15 is 0 Å². The largest absolute Gasteiger partial charge is 0.487 e. The summed E-state index contributed by atoms with van der Waals surface area (Å²) in [7, 11) is 0. The van der Waals surface area contributed by atoms with E-state index in [4.69, 9.17) is 9.72 Å². The Balaban J connectivity index is 1.05. The van der Waals surface area contributed by atoms with Gasteiger partial charge in [0.2, 0.25) is 0 Å². The Bertz CT molecular complexity index is 1880. The zero-order chi connectivity index (χ0) is 30.1. The van der Waals surface area contributed by atoms with Crippen LogP contribution >= 0.6 is 0 Å². The Morgan fingerprint density at radius 3 is 2.18 bits per heavy atom. The van der Waals surface area contributed by atoms with Crippen LogP contribution in [0.2, 0.25) is 0 Å². The van der Waals surface area contributed by atoms with Gasteiger partial charge in [0.05, 0.1) is 23.9 Å². The Morgan fingerprint density at radius 1 is 0.818 bits per heavy atom. The van der Waals surface area contributed by atoms with E-state index in [9.17, 15) is 10.1 Å². The van der Waals surface area contributed by atoms with Gasteiger partial charge in [0.15, 0.2) is 0 Å².